The molecule has 8 heteroatoms. The van der Waals surface area contributed by atoms with Gasteiger partial charge in [-0.2, -0.15) is 5.10 Å². The summed E-state index contributed by atoms with van der Waals surface area (Å²) in [5, 5.41) is 15.0. The molecular formula is C28H21BrCl2N4O. The van der Waals surface area contributed by atoms with E-state index in [4.69, 9.17) is 32.7 Å². The van der Waals surface area contributed by atoms with Crippen LogP contribution in [0.1, 0.15) is 36.8 Å². The number of hydrogen-bond donors (Lipinski definition) is 0. The van der Waals surface area contributed by atoms with E-state index < -0.39 is 0 Å². The Balaban J connectivity index is 1.52. The van der Waals surface area contributed by atoms with Crippen molar-refractivity contribution < 1.29 is 4.42 Å². The lowest BCUT2D eigenvalue weighted by molar-refractivity contribution is 0.470. The van der Waals surface area contributed by atoms with E-state index in [0.717, 1.165) is 39.8 Å². The highest BCUT2D eigenvalue weighted by molar-refractivity contribution is 9.10. The van der Waals surface area contributed by atoms with E-state index >= 15 is 0 Å². The molecule has 0 saturated heterocycles. The second kappa shape index (κ2) is 9.18. The third kappa shape index (κ3) is 3.97. The largest absolute Gasteiger partial charge is 0.418 e. The Kier molecular flexibility index (Phi) is 5.98. The minimum atomic E-state index is -0.213. The SMILES string of the molecule is CCc1c(-c2nnc(C3(c4ccccc4)CC3)o2)nn(-c2ccc(Cl)cc2Cl)c1-c1ccc(Br)cc1. The smallest absolute Gasteiger partial charge is 0.268 e. The van der Waals surface area contributed by atoms with Crippen LogP contribution in [-0.2, 0) is 11.8 Å². The number of hydrogen-bond acceptors (Lipinski definition) is 4. The number of nitrogens with zero attached hydrogens (tertiary/aromatic N) is 4. The average Bonchev–Trinajstić information content (AvgIpc) is 3.39. The Morgan fingerprint density at radius 2 is 1.72 bits per heavy atom. The monoisotopic (exact) mass is 578 g/mol. The van der Waals surface area contributed by atoms with Crippen molar-refractivity contribution in [1.82, 2.24) is 20.0 Å². The highest BCUT2D eigenvalue weighted by Crippen LogP contribution is 2.53. The van der Waals surface area contributed by atoms with Crippen LogP contribution in [-0.4, -0.2) is 20.0 Å². The molecule has 1 saturated carbocycles. The van der Waals surface area contributed by atoms with Gasteiger partial charge in [-0.15, -0.1) is 10.2 Å². The molecule has 0 bridgehead atoms. The van der Waals surface area contributed by atoms with Gasteiger partial charge >= 0.3 is 0 Å². The predicted molar refractivity (Wildman–Crippen MR) is 146 cm³/mol. The molecule has 0 unspecified atom stereocenters. The maximum atomic E-state index is 6.64. The van der Waals surface area contributed by atoms with Crippen molar-refractivity contribution in [2.24, 2.45) is 0 Å². The Morgan fingerprint density at radius 3 is 2.39 bits per heavy atom. The van der Waals surface area contributed by atoms with Crippen LogP contribution in [0.3, 0.4) is 0 Å². The van der Waals surface area contributed by atoms with E-state index in [9.17, 15) is 0 Å². The van der Waals surface area contributed by atoms with Crippen LogP contribution in [0.5, 0.6) is 0 Å². The molecule has 1 aliphatic carbocycles. The van der Waals surface area contributed by atoms with E-state index in [-0.39, 0.29) is 5.41 Å². The Morgan fingerprint density at radius 1 is 0.972 bits per heavy atom. The summed E-state index contributed by atoms with van der Waals surface area (Å²) in [5.74, 6) is 1.04. The standard InChI is InChI=1S/C28H21BrCl2N4O/c1-2-21-24(26-32-33-27(36-26)28(14-15-28)18-6-4-3-5-7-18)34-35(23-13-12-20(30)16-22(23)31)25(21)17-8-10-19(29)11-9-17/h3-13,16H,2,14-15H2,1H3. The van der Waals surface area contributed by atoms with E-state index in [0.29, 0.717) is 33.9 Å². The van der Waals surface area contributed by atoms with Crippen molar-refractivity contribution in [3.8, 4) is 28.5 Å². The summed E-state index contributed by atoms with van der Waals surface area (Å²) in [6.45, 7) is 2.10. The van der Waals surface area contributed by atoms with Gasteiger partial charge in [0.1, 0.15) is 0 Å². The van der Waals surface area contributed by atoms with Gasteiger partial charge < -0.3 is 4.42 Å². The van der Waals surface area contributed by atoms with Gasteiger partial charge in [0.05, 0.1) is 21.8 Å². The van der Waals surface area contributed by atoms with Crippen molar-refractivity contribution in [1.29, 1.82) is 0 Å². The van der Waals surface area contributed by atoms with Crippen LogP contribution in [0, 0.1) is 0 Å². The molecule has 0 atom stereocenters. The van der Waals surface area contributed by atoms with Crippen LogP contribution in [0.2, 0.25) is 10.0 Å². The van der Waals surface area contributed by atoms with Crippen molar-refractivity contribution in [2.45, 2.75) is 31.6 Å². The molecule has 0 N–H and O–H groups in total. The average molecular weight is 580 g/mol. The molecule has 0 radical (unpaired) electrons. The molecule has 1 aliphatic rings. The molecule has 0 aliphatic heterocycles. The number of rotatable bonds is 6. The number of aromatic nitrogens is 4. The van der Waals surface area contributed by atoms with Crippen LogP contribution >= 0.6 is 39.1 Å². The highest BCUT2D eigenvalue weighted by atomic mass is 79.9. The molecule has 6 rings (SSSR count). The fourth-order valence-electron chi connectivity index (χ4n) is 4.71. The summed E-state index contributed by atoms with van der Waals surface area (Å²) in [4.78, 5) is 0. The van der Waals surface area contributed by atoms with Crippen molar-refractivity contribution in [2.75, 3.05) is 0 Å². The summed E-state index contributed by atoms with van der Waals surface area (Å²) in [5.41, 5.74) is 5.30. The molecule has 5 aromatic rings. The van der Waals surface area contributed by atoms with Crippen molar-refractivity contribution >= 4 is 39.1 Å². The molecule has 0 amide bonds. The van der Waals surface area contributed by atoms with Crippen LogP contribution < -0.4 is 0 Å². The van der Waals surface area contributed by atoms with Gasteiger partial charge in [-0.3, -0.25) is 0 Å². The molecule has 180 valence electrons. The van der Waals surface area contributed by atoms with E-state index in [1.165, 1.54) is 5.56 Å². The van der Waals surface area contributed by atoms with Crippen LogP contribution in [0.25, 0.3) is 28.5 Å². The molecule has 3 aromatic carbocycles. The van der Waals surface area contributed by atoms with Gasteiger partial charge in [0.25, 0.3) is 5.89 Å². The molecular weight excluding hydrogens is 559 g/mol. The zero-order valence-corrected chi connectivity index (χ0v) is 22.5. The van der Waals surface area contributed by atoms with Gasteiger partial charge in [0.2, 0.25) is 5.89 Å². The fourth-order valence-corrected chi connectivity index (χ4v) is 5.46. The third-order valence-corrected chi connectivity index (χ3v) is 7.77. The summed E-state index contributed by atoms with van der Waals surface area (Å²) >= 11 is 16.4. The maximum Gasteiger partial charge on any atom is 0.268 e. The van der Waals surface area contributed by atoms with E-state index in [1.807, 2.05) is 47.1 Å². The first-order chi connectivity index (χ1) is 17.5. The summed E-state index contributed by atoms with van der Waals surface area (Å²) in [6, 6.07) is 23.9. The van der Waals surface area contributed by atoms with Gasteiger partial charge in [-0.1, -0.05) is 88.5 Å². The molecule has 5 nitrogen and oxygen atoms in total. The lowest BCUT2D eigenvalue weighted by Crippen LogP contribution is -2.08. The minimum absolute atomic E-state index is 0.213. The molecule has 2 aromatic heterocycles. The number of halogens is 3. The Hall–Kier alpha value is -2.93. The van der Waals surface area contributed by atoms with Crippen molar-refractivity contribution in [3.05, 3.63) is 104 Å². The topological polar surface area (TPSA) is 56.7 Å². The fraction of sp³-hybridized carbons (Fsp3) is 0.179. The van der Waals surface area contributed by atoms with Crippen LogP contribution in [0.4, 0.5) is 0 Å². The van der Waals surface area contributed by atoms with E-state index in [2.05, 4.69) is 57.3 Å². The quantitative estimate of drug-likeness (QED) is 0.203. The molecule has 2 heterocycles. The first-order valence-electron chi connectivity index (χ1n) is 11.7. The molecule has 1 fully saturated rings. The van der Waals surface area contributed by atoms with E-state index in [1.54, 1.807) is 6.07 Å². The van der Waals surface area contributed by atoms with Gasteiger partial charge in [-0.05, 0) is 55.2 Å². The Labute approximate surface area is 227 Å². The van der Waals surface area contributed by atoms with Gasteiger partial charge in [-0.25, -0.2) is 4.68 Å². The van der Waals surface area contributed by atoms with Crippen LogP contribution in [0.15, 0.2) is 81.7 Å². The highest BCUT2D eigenvalue weighted by Gasteiger charge is 2.50. The summed E-state index contributed by atoms with van der Waals surface area (Å²) < 4.78 is 9.19. The predicted octanol–water partition coefficient (Wildman–Crippen LogP) is 8.30. The molecule has 0 spiro atoms. The zero-order valence-electron chi connectivity index (χ0n) is 19.4. The van der Waals surface area contributed by atoms with Crippen molar-refractivity contribution in [3.63, 3.8) is 0 Å². The molecule has 36 heavy (non-hydrogen) atoms. The Bertz CT molecular complexity index is 1560. The number of benzene rings is 3. The van der Waals surface area contributed by atoms with Gasteiger partial charge in [0, 0.05) is 20.6 Å². The zero-order chi connectivity index (χ0) is 24.9. The minimum Gasteiger partial charge on any atom is -0.418 e. The second-order valence-electron chi connectivity index (χ2n) is 8.90. The van der Waals surface area contributed by atoms with Gasteiger partial charge in [0.15, 0.2) is 5.69 Å². The third-order valence-electron chi connectivity index (χ3n) is 6.71. The maximum absolute atomic E-state index is 6.64. The lowest BCUT2D eigenvalue weighted by Gasteiger charge is -2.11. The summed E-state index contributed by atoms with van der Waals surface area (Å²) in [6.07, 6.45) is 2.68. The first-order valence-corrected chi connectivity index (χ1v) is 13.3. The normalized spacial score (nSPS) is 14.2. The first kappa shape index (κ1) is 23.5. The lowest BCUT2D eigenvalue weighted by atomic mass is 9.96. The second-order valence-corrected chi connectivity index (χ2v) is 10.7. The summed E-state index contributed by atoms with van der Waals surface area (Å²) in [7, 11) is 0.